The number of piperidine rings is 1. The number of amides is 1. The fourth-order valence-electron chi connectivity index (χ4n) is 4.05. The molecule has 3 rings (SSSR count). The van der Waals surface area contributed by atoms with Crippen molar-refractivity contribution in [3.05, 3.63) is 29.8 Å². The SMILES string of the molecule is CC[C@@H]1CCCCN1CCCNC(=O)c1ccc(N2CCOCC2)cc1. The van der Waals surface area contributed by atoms with Crippen molar-refractivity contribution in [2.75, 3.05) is 50.8 Å². The molecule has 0 radical (unpaired) electrons. The third-order valence-electron chi connectivity index (χ3n) is 5.63. The highest BCUT2D eigenvalue weighted by Crippen LogP contribution is 2.19. The molecule has 26 heavy (non-hydrogen) atoms. The number of benzene rings is 1. The van der Waals surface area contributed by atoms with Crippen LogP contribution in [0.1, 0.15) is 49.4 Å². The standard InChI is InChI=1S/C21H33N3O2/c1-2-19-6-3-4-12-23(19)13-5-11-22-21(25)18-7-9-20(10-8-18)24-14-16-26-17-15-24/h7-10,19H,2-6,11-17H2,1H3,(H,22,25)/t19-/m1/s1. The molecule has 5 heteroatoms. The van der Waals surface area contributed by atoms with Gasteiger partial charge in [0.1, 0.15) is 0 Å². The minimum absolute atomic E-state index is 0.0317. The van der Waals surface area contributed by atoms with E-state index in [2.05, 4.69) is 22.0 Å². The minimum atomic E-state index is 0.0317. The zero-order valence-electron chi connectivity index (χ0n) is 16.1. The van der Waals surface area contributed by atoms with E-state index in [-0.39, 0.29) is 5.91 Å². The second kappa shape index (κ2) is 9.93. The van der Waals surface area contributed by atoms with Gasteiger partial charge < -0.3 is 19.9 Å². The van der Waals surface area contributed by atoms with Crippen molar-refractivity contribution < 1.29 is 9.53 Å². The van der Waals surface area contributed by atoms with Crippen LogP contribution in [0.15, 0.2) is 24.3 Å². The second-order valence-electron chi connectivity index (χ2n) is 7.35. The number of anilines is 1. The first kappa shape index (κ1) is 19.2. The van der Waals surface area contributed by atoms with Crippen LogP contribution >= 0.6 is 0 Å². The van der Waals surface area contributed by atoms with Gasteiger partial charge in [0.15, 0.2) is 0 Å². The summed E-state index contributed by atoms with van der Waals surface area (Å²) in [7, 11) is 0. The lowest BCUT2D eigenvalue weighted by Gasteiger charge is -2.35. The summed E-state index contributed by atoms with van der Waals surface area (Å²) in [6, 6.07) is 8.68. The fourth-order valence-corrected chi connectivity index (χ4v) is 4.05. The summed E-state index contributed by atoms with van der Waals surface area (Å²) in [6.45, 7) is 8.73. The number of rotatable bonds is 7. The Morgan fingerprint density at radius 2 is 1.92 bits per heavy atom. The topological polar surface area (TPSA) is 44.8 Å². The van der Waals surface area contributed by atoms with Gasteiger partial charge in [-0.05, 0) is 56.5 Å². The fraction of sp³-hybridized carbons (Fsp3) is 0.667. The molecule has 2 aliphatic rings. The van der Waals surface area contributed by atoms with E-state index in [1.165, 1.54) is 37.9 Å². The van der Waals surface area contributed by atoms with Gasteiger partial charge in [-0.2, -0.15) is 0 Å². The number of carbonyl (C=O) groups is 1. The first-order valence-corrected chi connectivity index (χ1v) is 10.2. The number of hydrogen-bond acceptors (Lipinski definition) is 4. The van der Waals surface area contributed by atoms with E-state index >= 15 is 0 Å². The molecule has 1 aromatic rings. The molecule has 0 spiro atoms. The van der Waals surface area contributed by atoms with E-state index in [1.807, 2.05) is 24.3 Å². The number of nitrogens with one attached hydrogen (secondary N) is 1. The molecule has 0 bridgehead atoms. The normalized spacial score (nSPS) is 21.6. The Bertz CT molecular complexity index is 555. The Hall–Kier alpha value is -1.59. The first-order chi connectivity index (χ1) is 12.8. The summed E-state index contributed by atoms with van der Waals surface area (Å²) in [6.07, 6.45) is 6.28. The third kappa shape index (κ3) is 5.21. The van der Waals surface area contributed by atoms with Crippen LogP contribution in [0.4, 0.5) is 5.69 Å². The van der Waals surface area contributed by atoms with E-state index in [1.54, 1.807) is 0 Å². The maximum atomic E-state index is 12.3. The highest BCUT2D eigenvalue weighted by atomic mass is 16.5. The molecular weight excluding hydrogens is 326 g/mol. The van der Waals surface area contributed by atoms with Crippen molar-refractivity contribution in [2.24, 2.45) is 0 Å². The molecule has 144 valence electrons. The molecule has 0 saturated carbocycles. The summed E-state index contributed by atoms with van der Waals surface area (Å²) in [4.78, 5) is 17.2. The highest BCUT2D eigenvalue weighted by Gasteiger charge is 2.20. The van der Waals surface area contributed by atoms with Crippen LogP contribution < -0.4 is 10.2 Å². The molecule has 1 amide bonds. The van der Waals surface area contributed by atoms with Crippen LogP contribution in [0.3, 0.4) is 0 Å². The smallest absolute Gasteiger partial charge is 0.251 e. The van der Waals surface area contributed by atoms with Gasteiger partial charge in [0, 0.05) is 43.5 Å². The van der Waals surface area contributed by atoms with Crippen LogP contribution in [0.2, 0.25) is 0 Å². The molecule has 5 nitrogen and oxygen atoms in total. The Morgan fingerprint density at radius 1 is 1.15 bits per heavy atom. The van der Waals surface area contributed by atoms with Crippen molar-refractivity contribution in [3.63, 3.8) is 0 Å². The minimum Gasteiger partial charge on any atom is -0.378 e. The Morgan fingerprint density at radius 3 is 2.65 bits per heavy atom. The van der Waals surface area contributed by atoms with E-state index < -0.39 is 0 Å². The van der Waals surface area contributed by atoms with Crippen LogP contribution in [-0.4, -0.2) is 62.8 Å². The van der Waals surface area contributed by atoms with Crippen molar-refractivity contribution in [1.82, 2.24) is 10.2 Å². The Kier molecular flexibility index (Phi) is 7.32. The van der Waals surface area contributed by atoms with Crippen molar-refractivity contribution in [2.45, 2.75) is 45.1 Å². The lowest BCUT2D eigenvalue weighted by molar-refractivity contribution is 0.0947. The first-order valence-electron chi connectivity index (χ1n) is 10.2. The van der Waals surface area contributed by atoms with Gasteiger partial charge in [-0.3, -0.25) is 4.79 Å². The molecule has 0 aliphatic carbocycles. The zero-order valence-corrected chi connectivity index (χ0v) is 16.1. The van der Waals surface area contributed by atoms with E-state index in [0.29, 0.717) is 0 Å². The molecule has 2 heterocycles. The summed E-state index contributed by atoms with van der Waals surface area (Å²) >= 11 is 0. The monoisotopic (exact) mass is 359 g/mol. The number of likely N-dealkylation sites (tertiary alicyclic amines) is 1. The molecule has 2 aliphatic heterocycles. The molecular formula is C21H33N3O2. The summed E-state index contributed by atoms with van der Waals surface area (Å²) in [5.41, 5.74) is 1.91. The van der Waals surface area contributed by atoms with Crippen molar-refractivity contribution in [1.29, 1.82) is 0 Å². The lowest BCUT2D eigenvalue weighted by Crippen LogP contribution is -2.40. The molecule has 0 unspecified atom stereocenters. The van der Waals surface area contributed by atoms with Crippen LogP contribution in [0, 0.1) is 0 Å². The maximum Gasteiger partial charge on any atom is 0.251 e. The van der Waals surface area contributed by atoms with Crippen LogP contribution in [0.25, 0.3) is 0 Å². The number of carbonyl (C=O) groups excluding carboxylic acids is 1. The number of morpholine rings is 1. The largest absolute Gasteiger partial charge is 0.378 e. The summed E-state index contributed by atoms with van der Waals surface area (Å²) in [5.74, 6) is 0.0317. The summed E-state index contributed by atoms with van der Waals surface area (Å²) < 4.78 is 5.39. The van der Waals surface area contributed by atoms with Gasteiger partial charge in [-0.25, -0.2) is 0 Å². The molecule has 2 saturated heterocycles. The van der Waals surface area contributed by atoms with E-state index in [4.69, 9.17) is 4.74 Å². The van der Waals surface area contributed by atoms with Gasteiger partial charge in [0.25, 0.3) is 5.91 Å². The molecule has 1 aromatic carbocycles. The van der Waals surface area contributed by atoms with Gasteiger partial charge in [-0.15, -0.1) is 0 Å². The number of nitrogens with zero attached hydrogens (tertiary/aromatic N) is 2. The van der Waals surface area contributed by atoms with E-state index in [0.717, 1.165) is 57.4 Å². The summed E-state index contributed by atoms with van der Waals surface area (Å²) in [5, 5.41) is 3.07. The van der Waals surface area contributed by atoms with Crippen molar-refractivity contribution >= 4 is 11.6 Å². The van der Waals surface area contributed by atoms with Crippen LogP contribution in [0.5, 0.6) is 0 Å². The zero-order chi connectivity index (χ0) is 18.2. The number of ether oxygens (including phenoxy) is 1. The molecule has 2 fully saturated rings. The Labute approximate surface area is 157 Å². The molecule has 0 aromatic heterocycles. The second-order valence-corrected chi connectivity index (χ2v) is 7.35. The van der Waals surface area contributed by atoms with Crippen molar-refractivity contribution in [3.8, 4) is 0 Å². The quantitative estimate of drug-likeness (QED) is 0.761. The average molecular weight is 360 g/mol. The van der Waals surface area contributed by atoms with Gasteiger partial charge in [0.2, 0.25) is 0 Å². The lowest BCUT2D eigenvalue weighted by atomic mass is 10.00. The van der Waals surface area contributed by atoms with Gasteiger partial charge >= 0.3 is 0 Å². The number of hydrogen-bond donors (Lipinski definition) is 1. The van der Waals surface area contributed by atoms with Crippen LogP contribution in [-0.2, 0) is 4.74 Å². The average Bonchev–Trinajstić information content (AvgIpc) is 2.72. The molecule has 1 atom stereocenters. The molecule has 1 N–H and O–H groups in total. The van der Waals surface area contributed by atoms with E-state index in [9.17, 15) is 4.79 Å². The third-order valence-corrected chi connectivity index (χ3v) is 5.63. The predicted octanol–water partition coefficient (Wildman–Crippen LogP) is 2.91. The van der Waals surface area contributed by atoms with Gasteiger partial charge in [0.05, 0.1) is 13.2 Å². The predicted molar refractivity (Wildman–Crippen MR) is 106 cm³/mol. The highest BCUT2D eigenvalue weighted by molar-refractivity contribution is 5.94. The maximum absolute atomic E-state index is 12.3. The Balaban J connectivity index is 1.40. The van der Waals surface area contributed by atoms with Gasteiger partial charge in [-0.1, -0.05) is 13.3 Å².